The first-order chi connectivity index (χ1) is 18.1. The van der Waals surface area contributed by atoms with Crippen LogP contribution >= 0.6 is 0 Å². The molecule has 0 saturated carbocycles. The first-order valence-corrected chi connectivity index (χ1v) is 11.5. The predicted octanol–water partition coefficient (Wildman–Crippen LogP) is 3.60. The summed E-state index contributed by atoms with van der Waals surface area (Å²) in [5, 5.41) is 22.8. The smallest absolute Gasteiger partial charge is 0.410 e. The molecule has 0 bridgehead atoms. The van der Waals surface area contributed by atoms with E-state index in [2.05, 4.69) is 0 Å². The van der Waals surface area contributed by atoms with Gasteiger partial charge in [-0.2, -0.15) is 0 Å². The zero-order valence-electron chi connectivity index (χ0n) is 21.3. The molecule has 2 unspecified atom stereocenters. The van der Waals surface area contributed by atoms with Crippen LogP contribution in [0.15, 0.2) is 30.3 Å². The fourth-order valence-electron chi connectivity index (χ4n) is 4.62. The Morgan fingerprint density at radius 1 is 1.05 bits per heavy atom. The van der Waals surface area contributed by atoms with Crippen LogP contribution in [-0.4, -0.2) is 67.8 Å². The molecule has 1 amide bonds. The van der Waals surface area contributed by atoms with E-state index in [0.29, 0.717) is 42.2 Å². The van der Waals surface area contributed by atoms with Gasteiger partial charge in [0.25, 0.3) is 17.8 Å². The molecule has 2 atom stereocenters. The number of amides is 1. The Bertz CT molecular complexity index is 1190. The van der Waals surface area contributed by atoms with Crippen molar-refractivity contribution in [1.82, 2.24) is 4.90 Å². The number of rotatable bonds is 11. The third-order valence-corrected chi connectivity index (χ3v) is 6.34. The topological polar surface area (TPSA) is 164 Å². The van der Waals surface area contributed by atoms with Gasteiger partial charge >= 0.3 is 6.09 Å². The van der Waals surface area contributed by atoms with Gasteiger partial charge in [0, 0.05) is 35.5 Å². The number of nitro benzene ring substituents is 2. The van der Waals surface area contributed by atoms with Crippen LogP contribution in [0.3, 0.4) is 0 Å². The number of anilines is 1. The lowest BCUT2D eigenvalue weighted by atomic mass is 9.89. The number of carbonyl (C=O) groups is 2. The molecular weight excluding hydrogens is 504 g/mol. The Morgan fingerprint density at radius 2 is 1.66 bits per heavy atom. The molecule has 1 heterocycles. The lowest BCUT2D eigenvalue weighted by Crippen LogP contribution is -2.46. The zero-order valence-corrected chi connectivity index (χ0v) is 21.3. The Morgan fingerprint density at radius 3 is 2.18 bits per heavy atom. The van der Waals surface area contributed by atoms with Gasteiger partial charge in [0.2, 0.25) is 0 Å². The van der Waals surface area contributed by atoms with Gasteiger partial charge in [-0.25, -0.2) is 4.79 Å². The van der Waals surface area contributed by atoms with Crippen molar-refractivity contribution < 1.29 is 38.4 Å². The number of non-ortho nitro benzene ring substituents is 2. The van der Waals surface area contributed by atoms with Gasteiger partial charge < -0.3 is 23.8 Å². The molecule has 0 radical (unpaired) electrons. The number of hydrogen-bond acceptors (Lipinski definition) is 11. The molecule has 38 heavy (non-hydrogen) atoms. The fraction of sp³-hybridized carbons (Fsp3) is 0.417. The minimum Gasteiger partial charge on any atom is -0.493 e. The second kappa shape index (κ2) is 12.1. The number of nitro groups is 2. The molecule has 14 heteroatoms. The van der Waals surface area contributed by atoms with Crippen molar-refractivity contribution in [3.05, 3.63) is 61.7 Å². The van der Waals surface area contributed by atoms with Crippen molar-refractivity contribution in [2.24, 2.45) is 0 Å². The van der Waals surface area contributed by atoms with Crippen molar-refractivity contribution in [2.45, 2.75) is 32.0 Å². The van der Waals surface area contributed by atoms with E-state index in [9.17, 15) is 29.8 Å². The molecule has 1 aliphatic heterocycles. The summed E-state index contributed by atoms with van der Waals surface area (Å²) in [5.41, 5.74) is 0.609. The van der Waals surface area contributed by atoms with Gasteiger partial charge in [-0.1, -0.05) is 0 Å². The lowest BCUT2D eigenvalue weighted by Gasteiger charge is -2.44. The van der Waals surface area contributed by atoms with Crippen LogP contribution in [0.25, 0.3) is 0 Å². The van der Waals surface area contributed by atoms with E-state index in [4.69, 9.17) is 18.9 Å². The second-order valence-electron chi connectivity index (χ2n) is 8.50. The van der Waals surface area contributed by atoms with Crippen LogP contribution < -0.4 is 14.4 Å². The summed E-state index contributed by atoms with van der Waals surface area (Å²) in [5.74, 6) is 0.852. The largest absolute Gasteiger partial charge is 0.493 e. The Kier molecular flexibility index (Phi) is 8.89. The quantitative estimate of drug-likeness (QED) is 0.180. The summed E-state index contributed by atoms with van der Waals surface area (Å²) in [6, 6.07) is 5.96. The summed E-state index contributed by atoms with van der Waals surface area (Å²) >= 11 is 0. The zero-order chi connectivity index (χ0) is 28.0. The van der Waals surface area contributed by atoms with Crippen molar-refractivity contribution >= 4 is 29.6 Å². The minimum atomic E-state index is -0.729. The van der Waals surface area contributed by atoms with E-state index in [0.717, 1.165) is 6.07 Å². The normalized spacial score (nSPS) is 16.2. The van der Waals surface area contributed by atoms with E-state index < -0.39 is 33.4 Å². The first kappa shape index (κ1) is 28.0. The summed E-state index contributed by atoms with van der Waals surface area (Å²) in [6.45, 7) is 2.59. The third-order valence-electron chi connectivity index (χ3n) is 6.34. The van der Waals surface area contributed by atoms with E-state index in [1.54, 1.807) is 12.1 Å². The highest BCUT2D eigenvalue weighted by Gasteiger charge is 2.37. The van der Waals surface area contributed by atoms with E-state index >= 15 is 0 Å². The summed E-state index contributed by atoms with van der Waals surface area (Å²) in [4.78, 5) is 48.5. The number of nitrogens with zero attached hydrogens (tertiary/aromatic N) is 4. The SMILES string of the molecule is COC(=O)N(Cc1cc([N+](=O)[O-])cc([N+](=O)[O-])c1)C1CC(C)N(CCOC=O)c2cc(OC)c(OC)cc21. The summed E-state index contributed by atoms with van der Waals surface area (Å²) in [6.07, 6.45) is -0.329. The molecule has 0 saturated heterocycles. The standard InChI is InChI=1S/C24H28N4O10/c1-15-7-20(19-11-22(35-2)23(36-3)12-21(19)25(15)5-6-38-14-29)26(24(30)37-4)13-16-8-17(27(31)32)10-18(9-16)28(33)34/h8-12,14-15,20H,5-7,13H2,1-4H3. The van der Waals surface area contributed by atoms with Crippen LogP contribution in [-0.2, 0) is 20.8 Å². The van der Waals surface area contributed by atoms with Gasteiger partial charge in [0.05, 0.1) is 56.4 Å². The highest BCUT2D eigenvalue weighted by atomic mass is 16.6. The average Bonchev–Trinajstić information content (AvgIpc) is 2.91. The molecular formula is C24H28N4O10. The number of fused-ring (bicyclic) bond motifs is 1. The van der Waals surface area contributed by atoms with E-state index in [1.807, 2.05) is 11.8 Å². The molecule has 0 aliphatic carbocycles. The predicted molar refractivity (Wildman–Crippen MR) is 133 cm³/mol. The number of hydrogen-bond donors (Lipinski definition) is 0. The third kappa shape index (κ3) is 5.85. The molecule has 204 valence electrons. The molecule has 0 fully saturated rings. The minimum absolute atomic E-state index is 0.129. The van der Waals surface area contributed by atoms with Crippen LogP contribution in [0, 0.1) is 20.2 Å². The molecule has 0 spiro atoms. The van der Waals surface area contributed by atoms with Crippen LogP contribution in [0.5, 0.6) is 11.5 Å². The maximum Gasteiger partial charge on any atom is 0.410 e. The fourth-order valence-corrected chi connectivity index (χ4v) is 4.62. The molecule has 1 aliphatic rings. The van der Waals surface area contributed by atoms with E-state index in [-0.39, 0.29) is 24.8 Å². The monoisotopic (exact) mass is 532 g/mol. The van der Waals surface area contributed by atoms with Gasteiger partial charge in [0.15, 0.2) is 11.5 Å². The molecule has 3 rings (SSSR count). The highest BCUT2D eigenvalue weighted by Crippen LogP contribution is 2.46. The summed E-state index contributed by atoms with van der Waals surface area (Å²) in [7, 11) is 4.17. The maximum absolute atomic E-state index is 13.0. The van der Waals surface area contributed by atoms with Crippen molar-refractivity contribution in [2.75, 3.05) is 39.4 Å². The van der Waals surface area contributed by atoms with Crippen LogP contribution in [0.4, 0.5) is 21.9 Å². The lowest BCUT2D eigenvalue weighted by molar-refractivity contribution is -0.394. The molecule has 0 N–H and O–H groups in total. The Hall–Kier alpha value is -4.62. The Labute approximate surface area is 217 Å². The van der Waals surface area contributed by atoms with Crippen molar-refractivity contribution in [1.29, 1.82) is 0 Å². The van der Waals surface area contributed by atoms with Gasteiger partial charge in [0.1, 0.15) is 6.61 Å². The molecule has 0 aromatic heterocycles. The Balaban J connectivity index is 2.13. The average molecular weight is 533 g/mol. The second-order valence-corrected chi connectivity index (χ2v) is 8.50. The van der Waals surface area contributed by atoms with Crippen molar-refractivity contribution in [3.63, 3.8) is 0 Å². The highest BCUT2D eigenvalue weighted by molar-refractivity contribution is 5.71. The number of carbonyl (C=O) groups excluding carboxylic acids is 2. The summed E-state index contributed by atoms with van der Waals surface area (Å²) < 4.78 is 20.9. The van der Waals surface area contributed by atoms with Crippen molar-refractivity contribution in [3.8, 4) is 11.5 Å². The first-order valence-electron chi connectivity index (χ1n) is 11.5. The molecule has 2 aromatic carbocycles. The maximum atomic E-state index is 13.0. The van der Waals surface area contributed by atoms with Crippen LogP contribution in [0.1, 0.15) is 30.5 Å². The number of ether oxygens (including phenoxy) is 4. The van der Waals surface area contributed by atoms with Gasteiger partial charge in [-0.05, 0) is 25.0 Å². The number of methoxy groups -OCH3 is 3. The molecule has 14 nitrogen and oxygen atoms in total. The molecule has 2 aromatic rings. The van der Waals surface area contributed by atoms with Gasteiger partial charge in [-0.3, -0.25) is 29.9 Å². The van der Waals surface area contributed by atoms with Crippen LogP contribution in [0.2, 0.25) is 0 Å². The number of benzene rings is 2. The van der Waals surface area contributed by atoms with E-state index in [1.165, 1.54) is 38.4 Å². The van der Waals surface area contributed by atoms with Gasteiger partial charge in [-0.15, -0.1) is 0 Å².